The molecule has 0 spiro atoms. The predicted molar refractivity (Wildman–Crippen MR) is 197 cm³/mol. The lowest BCUT2D eigenvalue weighted by atomic mass is 9.77. The van der Waals surface area contributed by atoms with Crippen LogP contribution in [0.15, 0.2) is 90.1 Å². The number of carbonyl (C=O) groups is 2. The summed E-state index contributed by atoms with van der Waals surface area (Å²) in [6.45, 7) is 1.64. The van der Waals surface area contributed by atoms with Gasteiger partial charge in [-0.25, -0.2) is 18.7 Å². The zero-order chi connectivity index (χ0) is 42.0. The fourth-order valence-electron chi connectivity index (χ4n) is 4.69. The van der Waals surface area contributed by atoms with E-state index in [0.717, 1.165) is 5.39 Å². The number of oxime groups is 1. The molecule has 0 aliphatic heterocycles. The van der Waals surface area contributed by atoms with E-state index in [1.165, 1.54) is 18.3 Å². The van der Waals surface area contributed by atoms with Gasteiger partial charge in [0, 0.05) is 28.1 Å². The molecule has 20 heteroatoms. The van der Waals surface area contributed by atoms with Crippen LogP contribution in [0.3, 0.4) is 0 Å². The van der Waals surface area contributed by atoms with Crippen molar-refractivity contribution < 1.29 is 60.0 Å². The van der Waals surface area contributed by atoms with Crippen LogP contribution in [-0.2, 0) is 12.4 Å². The molecule has 0 amide bonds. The highest BCUT2D eigenvalue weighted by Gasteiger charge is 2.36. The Bertz CT molecular complexity index is 2380. The van der Waals surface area contributed by atoms with Crippen molar-refractivity contribution in [2.75, 3.05) is 0 Å². The summed E-state index contributed by atoms with van der Waals surface area (Å²) in [4.78, 5) is 30.1. The SMILES string of the molecule is C/C=N/O.O=Cc1cc2cccc(Cl)c2nc1-c1cc(F)ccc1C(F)(F)F.O=Cc1cc2cccc(Cl)c2nc1Cl.OB(O)c1cc(F)ccc1C(F)(F)F. The van der Waals surface area contributed by atoms with Gasteiger partial charge in [-0.3, -0.25) is 9.59 Å². The molecule has 0 atom stereocenters. The molecule has 6 rings (SSSR count). The first-order chi connectivity index (χ1) is 26.3. The highest BCUT2D eigenvalue weighted by molar-refractivity contribution is 6.59. The molecule has 8 nitrogen and oxygen atoms in total. The van der Waals surface area contributed by atoms with E-state index < -0.39 is 53.3 Å². The van der Waals surface area contributed by atoms with Gasteiger partial charge >= 0.3 is 19.5 Å². The number of aldehydes is 2. The van der Waals surface area contributed by atoms with Gasteiger partial charge in [-0.15, -0.1) is 5.16 Å². The van der Waals surface area contributed by atoms with Crippen LogP contribution in [0, 0.1) is 11.6 Å². The number of halogens is 11. The summed E-state index contributed by atoms with van der Waals surface area (Å²) in [6.07, 6.45) is -7.09. The number of hydrogen-bond donors (Lipinski definition) is 3. The molecule has 0 aliphatic rings. The molecule has 0 bridgehead atoms. The van der Waals surface area contributed by atoms with Crippen LogP contribution in [0.2, 0.25) is 15.2 Å². The Morgan fingerprint density at radius 1 is 0.679 bits per heavy atom. The third kappa shape index (κ3) is 11.7. The number of rotatable bonds is 4. The maximum Gasteiger partial charge on any atom is 0.489 e. The normalized spacial score (nSPS) is 11.2. The van der Waals surface area contributed by atoms with Gasteiger partial charge in [0.15, 0.2) is 12.6 Å². The van der Waals surface area contributed by atoms with Crippen molar-refractivity contribution in [3.05, 3.63) is 134 Å². The van der Waals surface area contributed by atoms with Crippen molar-refractivity contribution in [2.45, 2.75) is 19.3 Å². The predicted octanol–water partition coefficient (Wildman–Crippen LogP) is 9.87. The van der Waals surface area contributed by atoms with E-state index in [0.29, 0.717) is 70.5 Å². The van der Waals surface area contributed by atoms with E-state index in [9.17, 15) is 44.7 Å². The summed E-state index contributed by atoms with van der Waals surface area (Å²) in [5.74, 6) is -1.82. The fourth-order valence-corrected chi connectivity index (χ4v) is 5.32. The average Bonchev–Trinajstić information content (AvgIpc) is 3.14. The molecular weight excluding hydrogens is 824 g/mol. The van der Waals surface area contributed by atoms with Crippen LogP contribution in [0.1, 0.15) is 38.8 Å². The monoisotopic (exact) mass is 845 g/mol. The third-order valence-corrected chi connectivity index (χ3v) is 8.02. The molecule has 0 radical (unpaired) electrons. The molecule has 4 aromatic carbocycles. The lowest BCUT2D eigenvalue weighted by molar-refractivity contribution is -0.137. The molecule has 6 aromatic rings. The molecule has 0 fully saturated rings. The average molecular weight is 847 g/mol. The van der Waals surface area contributed by atoms with Crippen LogP contribution >= 0.6 is 34.8 Å². The standard InChI is InChI=1S/C17H8ClF4NO.C10H5Cl2NO.C7H5BF4O2.C2H5NO/c18-14-3-1-2-9-6-10(8-24)15(23-16(9)14)12-7-11(19)4-5-13(12)17(20,21)22;11-8-3-1-2-6-4-7(5-14)10(12)13-9(6)8;9-4-1-2-5(7(10,11)12)6(3-4)8(13)14;1-2-3-4/h1-8H;1-5H;1-3,13-14H;2,4H,1H3/b;;;3-2+. The van der Waals surface area contributed by atoms with Crippen molar-refractivity contribution in [3.8, 4) is 11.3 Å². The molecule has 3 N–H and O–H groups in total. The van der Waals surface area contributed by atoms with E-state index in [2.05, 4.69) is 15.1 Å². The summed E-state index contributed by atoms with van der Waals surface area (Å²) < 4.78 is 102. The molecule has 0 aliphatic carbocycles. The molecule has 2 aromatic heterocycles. The quantitative estimate of drug-likeness (QED) is 0.0306. The van der Waals surface area contributed by atoms with Crippen LogP contribution in [0.25, 0.3) is 33.1 Å². The summed E-state index contributed by atoms with van der Waals surface area (Å²) >= 11 is 17.7. The molecule has 56 heavy (non-hydrogen) atoms. The second-order valence-corrected chi connectivity index (χ2v) is 12.0. The summed E-state index contributed by atoms with van der Waals surface area (Å²) in [5, 5.41) is 29.5. The van der Waals surface area contributed by atoms with Crippen LogP contribution in [-0.4, -0.2) is 51.1 Å². The van der Waals surface area contributed by atoms with Crippen LogP contribution in [0.4, 0.5) is 35.1 Å². The Morgan fingerprint density at radius 2 is 1.14 bits per heavy atom. The fraction of sp³-hybridized carbons (Fsp3) is 0.0833. The van der Waals surface area contributed by atoms with Gasteiger partial charge < -0.3 is 15.3 Å². The van der Waals surface area contributed by atoms with E-state index >= 15 is 0 Å². The van der Waals surface area contributed by atoms with Gasteiger partial charge in [0.05, 0.1) is 43.5 Å². The summed E-state index contributed by atoms with van der Waals surface area (Å²) in [6, 6.07) is 16.7. The van der Waals surface area contributed by atoms with Gasteiger partial charge in [0.25, 0.3) is 0 Å². The molecule has 0 saturated heterocycles. The Balaban J connectivity index is 0.000000226. The smallest absolute Gasteiger partial charge is 0.423 e. The number of fused-ring (bicyclic) bond motifs is 2. The van der Waals surface area contributed by atoms with Gasteiger partial charge in [-0.05, 0) is 73.1 Å². The van der Waals surface area contributed by atoms with Gasteiger partial charge in [-0.2, -0.15) is 26.3 Å². The van der Waals surface area contributed by atoms with Gasteiger partial charge in [0.1, 0.15) is 16.8 Å². The first-order valence-electron chi connectivity index (χ1n) is 15.2. The lowest BCUT2D eigenvalue weighted by Crippen LogP contribution is -2.36. The highest BCUT2D eigenvalue weighted by Crippen LogP contribution is 2.39. The molecule has 292 valence electrons. The maximum atomic E-state index is 13.5. The maximum absolute atomic E-state index is 13.5. The number of para-hydroxylation sites is 2. The number of carbonyl (C=O) groups excluding carboxylic acids is 2. The van der Waals surface area contributed by atoms with Crippen molar-refractivity contribution in [1.82, 2.24) is 9.97 Å². The lowest BCUT2D eigenvalue weighted by Gasteiger charge is -2.14. The first-order valence-corrected chi connectivity index (χ1v) is 16.4. The second kappa shape index (κ2) is 19.6. The second-order valence-electron chi connectivity index (χ2n) is 10.8. The molecule has 0 unspecified atom stereocenters. The minimum atomic E-state index is -4.73. The Hall–Kier alpha value is -5.20. The number of nitrogens with zero attached hydrogens (tertiary/aromatic N) is 3. The minimum absolute atomic E-state index is 0.0825. The number of hydrogen-bond acceptors (Lipinski definition) is 8. The van der Waals surface area contributed by atoms with E-state index in [-0.39, 0.29) is 26.9 Å². The zero-order valence-corrected chi connectivity index (χ0v) is 30.3. The number of pyridine rings is 2. The van der Waals surface area contributed by atoms with E-state index in [4.69, 9.17) is 50.1 Å². The molecule has 2 heterocycles. The van der Waals surface area contributed by atoms with Crippen LogP contribution in [0.5, 0.6) is 0 Å². The zero-order valence-electron chi connectivity index (χ0n) is 28.0. The third-order valence-electron chi connectivity index (χ3n) is 7.11. The van der Waals surface area contributed by atoms with E-state index in [1.807, 2.05) is 6.07 Å². The largest absolute Gasteiger partial charge is 0.489 e. The Morgan fingerprint density at radius 3 is 1.61 bits per heavy atom. The Kier molecular flexibility index (Phi) is 15.8. The Labute approximate surface area is 326 Å². The minimum Gasteiger partial charge on any atom is -0.423 e. The van der Waals surface area contributed by atoms with E-state index in [1.54, 1.807) is 37.3 Å². The summed E-state index contributed by atoms with van der Waals surface area (Å²) in [5.41, 5.74) is -2.86. The first kappa shape index (κ1) is 45.2. The number of aromatic nitrogens is 2. The topological polar surface area (TPSA) is 133 Å². The van der Waals surface area contributed by atoms with Crippen molar-refractivity contribution in [3.63, 3.8) is 0 Å². The molecular formula is C36H23BCl3F8N3O5. The van der Waals surface area contributed by atoms with Crippen molar-refractivity contribution >= 4 is 88.0 Å². The number of benzene rings is 4. The summed E-state index contributed by atoms with van der Waals surface area (Å²) in [7, 11) is -2.35. The van der Waals surface area contributed by atoms with Gasteiger partial charge in [0.2, 0.25) is 0 Å². The van der Waals surface area contributed by atoms with Gasteiger partial charge in [-0.1, -0.05) is 59.1 Å². The highest BCUT2D eigenvalue weighted by atomic mass is 35.5. The number of alkyl halides is 6. The van der Waals surface area contributed by atoms with Crippen LogP contribution < -0.4 is 5.46 Å². The van der Waals surface area contributed by atoms with Crippen molar-refractivity contribution in [2.24, 2.45) is 5.16 Å². The van der Waals surface area contributed by atoms with Crippen molar-refractivity contribution in [1.29, 1.82) is 0 Å². The molecule has 0 saturated carbocycles.